The molecule has 0 atom stereocenters. The Balaban J connectivity index is 1.95. The van der Waals surface area contributed by atoms with Gasteiger partial charge in [0.25, 0.3) is 5.56 Å². The number of para-hydroxylation sites is 1. The second-order valence-corrected chi connectivity index (χ2v) is 5.62. The Morgan fingerprint density at radius 1 is 1.36 bits per heavy atom. The number of ether oxygens (including phenoxy) is 1. The molecule has 1 aromatic heterocycles. The molecule has 0 saturated heterocycles. The van der Waals surface area contributed by atoms with Crippen molar-refractivity contribution >= 4 is 34.1 Å². The molecule has 8 heteroatoms. The van der Waals surface area contributed by atoms with Crippen molar-refractivity contribution in [3.05, 3.63) is 63.9 Å². The van der Waals surface area contributed by atoms with Crippen LogP contribution in [0.2, 0.25) is 5.02 Å². The highest BCUT2D eigenvalue weighted by atomic mass is 35.5. The SMILES string of the molecule is COc1cc2c(=O)ncn(CC(=O)Nc3ccccc3Cl)c2cc1F. The van der Waals surface area contributed by atoms with Crippen LogP contribution in [0, 0.1) is 5.82 Å². The number of nitrogens with zero attached hydrogens (tertiary/aromatic N) is 2. The van der Waals surface area contributed by atoms with Crippen molar-refractivity contribution in [3.63, 3.8) is 0 Å². The number of carbonyl (C=O) groups is 1. The second-order valence-electron chi connectivity index (χ2n) is 5.21. The number of hydrogen-bond acceptors (Lipinski definition) is 4. The van der Waals surface area contributed by atoms with E-state index in [1.807, 2.05) is 0 Å². The van der Waals surface area contributed by atoms with Gasteiger partial charge in [0.15, 0.2) is 11.6 Å². The summed E-state index contributed by atoms with van der Waals surface area (Å²) >= 11 is 6.00. The van der Waals surface area contributed by atoms with Crippen LogP contribution in [0.3, 0.4) is 0 Å². The van der Waals surface area contributed by atoms with E-state index in [4.69, 9.17) is 16.3 Å². The summed E-state index contributed by atoms with van der Waals surface area (Å²) in [5.74, 6) is -1.10. The van der Waals surface area contributed by atoms with Crippen LogP contribution in [0.15, 0.2) is 47.5 Å². The van der Waals surface area contributed by atoms with Crippen molar-refractivity contribution in [2.24, 2.45) is 0 Å². The quantitative estimate of drug-likeness (QED) is 0.775. The van der Waals surface area contributed by atoms with Crippen LogP contribution in [-0.4, -0.2) is 22.6 Å². The molecule has 1 N–H and O–H groups in total. The molecular formula is C17H13ClFN3O3. The molecule has 128 valence electrons. The van der Waals surface area contributed by atoms with Crippen LogP contribution >= 0.6 is 11.6 Å². The molecule has 0 saturated carbocycles. The monoisotopic (exact) mass is 361 g/mol. The number of fused-ring (bicyclic) bond motifs is 1. The van der Waals surface area contributed by atoms with Crippen LogP contribution in [0.4, 0.5) is 10.1 Å². The number of hydrogen-bond donors (Lipinski definition) is 1. The number of anilines is 1. The first kappa shape index (κ1) is 16.9. The van der Waals surface area contributed by atoms with Gasteiger partial charge in [0.1, 0.15) is 6.54 Å². The highest BCUT2D eigenvalue weighted by Crippen LogP contribution is 2.23. The van der Waals surface area contributed by atoms with E-state index in [1.165, 1.54) is 24.1 Å². The Morgan fingerprint density at radius 2 is 2.12 bits per heavy atom. The Morgan fingerprint density at radius 3 is 2.84 bits per heavy atom. The number of methoxy groups -OCH3 is 1. The maximum absolute atomic E-state index is 14.0. The summed E-state index contributed by atoms with van der Waals surface area (Å²) in [6, 6.07) is 9.19. The maximum Gasteiger partial charge on any atom is 0.280 e. The van der Waals surface area contributed by atoms with Gasteiger partial charge in [0.05, 0.1) is 35.1 Å². The zero-order chi connectivity index (χ0) is 18.0. The normalized spacial score (nSPS) is 10.7. The minimum atomic E-state index is -0.638. The first-order valence-electron chi connectivity index (χ1n) is 7.26. The average Bonchev–Trinajstić information content (AvgIpc) is 2.59. The molecule has 0 spiro atoms. The largest absolute Gasteiger partial charge is 0.494 e. The molecule has 1 amide bonds. The molecule has 3 rings (SSSR count). The third-order valence-electron chi connectivity index (χ3n) is 3.59. The molecule has 0 aliphatic heterocycles. The smallest absolute Gasteiger partial charge is 0.280 e. The summed E-state index contributed by atoms with van der Waals surface area (Å²) in [7, 11) is 1.30. The van der Waals surface area contributed by atoms with E-state index in [1.54, 1.807) is 24.3 Å². The van der Waals surface area contributed by atoms with E-state index in [9.17, 15) is 14.0 Å². The summed E-state index contributed by atoms with van der Waals surface area (Å²) < 4.78 is 20.2. The minimum absolute atomic E-state index is 0.0651. The topological polar surface area (TPSA) is 73.2 Å². The van der Waals surface area contributed by atoms with E-state index >= 15 is 0 Å². The van der Waals surface area contributed by atoms with Gasteiger partial charge in [0.2, 0.25) is 5.91 Å². The molecule has 2 aromatic carbocycles. The van der Waals surface area contributed by atoms with Gasteiger partial charge in [0, 0.05) is 6.07 Å². The number of nitrogens with one attached hydrogen (secondary N) is 1. The Bertz CT molecular complexity index is 1020. The van der Waals surface area contributed by atoms with Crippen LogP contribution in [0.5, 0.6) is 5.75 Å². The number of aromatic nitrogens is 2. The van der Waals surface area contributed by atoms with Gasteiger partial charge in [-0.25, -0.2) is 4.39 Å². The van der Waals surface area contributed by atoms with Crippen molar-refractivity contribution in [2.75, 3.05) is 12.4 Å². The van der Waals surface area contributed by atoms with Crippen molar-refractivity contribution < 1.29 is 13.9 Å². The van der Waals surface area contributed by atoms with E-state index in [0.717, 1.165) is 6.07 Å². The van der Waals surface area contributed by atoms with Crippen molar-refractivity contribution in [1.82, 2.24) is 9.55 Å². The molecule has 0 aliphatic rings. The maximum atomic E-state index is 14.0. The Hall–Kier alpha value is -2.93. The lowest BCUT2D eigenvalue weighted by molar-refractivity contribution is -0.116. The van der Waals surface area contributed by atoms with Gasteiger partial charge in [-0.2, -0.15) is 4.98 Å². The standard InChI is InChI=1S/C17H13ClFN3O3/c1-25-15-6-10-14(7-12(15)19)22(9-20-17(10)24)8-16(23)21-13-5-3-2-4-11(13)18/h2-7,9H,8H2,1H3,(H,21,23). The molecule has 1 heterocycles. The molecule has 0 bridgehead atoms. The van der Waals surface area contributed by atoms with Crippen LogP contribution in [0.1, 0.15) is 0 Å². The molecule has 6 nitrogen and oxygen atoms in total. The predicted octanol–water partition coefficient (Wildman–Crippen LogP) is 2.84. The summed E-state index contributed by atoms with van der Waals surface area (Å²) in [6.07, 6.45) is 1.20. The zero-order valence-electron chi connectivity index (χ0n) is 13.1. The van der Waals surface area contributed by atoms with Crippen LogP contribution in [0.25, 0.3) is 10.9 Å². The van der Waals surface area contributed by atoms with Gasteiger partial charge < -0.3 is 14.6 Å². The predicted molar refractivity (Wildman–Crippen MR) is 92.6 cm³/mol. The lowest BCUT2D eigenvalue weighted by Crippen LogP contribution is -2.22. The van der Waals surface area contributed by atoms with E-state index in [-0.39, 0.29) is 23.2 Å². The van der Waals surface area contributed by atoms with E-state index in [2.05, 4.69) is 10.3 Å². The Kier molecular flexibility index (Phi) is 4.67. The number of benzene rings is 2. The van der Waals surface area contributed by atoms with E-state index < -0.39 is 17.3 Å². The summed E-state index contributed by atoms with van der Waals surface area (Å²) in [4.78, 5) is 27.9. The van der Waals surface area contributed by atoms with Gasteiger partial charge in [-0.05, 0) is 18.2 Å². The third kappa shape index (κ3) is 3.46. The number of halogens is 2. The fourth-order valence-electron chi connectivity index (χ4n) is 2.40. The summed E-state index contributed by atoms with van der Waals surface area (Å²) in [5, 5.41) is 3.22. The number of rotatable bonds is 4. The zero-order valence-corrected chi connectivity index (χ0v) is 13.9. The highest BCUT2D eigenvalue weighted by molar-refractivity contribution is 6.33. The molecule has 0 unspecified atom stereocenters. The van der Waals surface area contributed by atoms with Crippen molar-refractivity contribution in [2.45, 2.75) is 6.54 Å². The van der Waals surface area contributed by atoms with Gasteiger partial charge in [-0.15, -0.1) is 0 Å². The van der Waals surface area contributed by atoms with Crippen LogP contribution in [-0.2, 0) is 11.3 Å². The van der Waals surface area contributed by atoms with E-state index in [0.29, 0.717) is 10.7 Å². The summed E-state index contributed by atoms with van der Waals surface area (Å²) in [6.45, 7) is -0.166. The fourth-order valence-corrected chi connectivity index (χ4v) is 2.58. The number of carbonyl (C=O) groups excluding carboxylic acids is 1. The molecular weight excluding hydrogens is 349 g/mol. The minimum Gasteiger partial charge on any atom is -0.494 e. The third-order valence-corrected chi connectivity index (χ3v) is 3.92. The molecule has 0 radical (unpaired) electrons. The van der Waals surface area contributed by atoms with Crippen molar-refractivity contribution in [1.29, 1.82) is 0 Å². The van der Waals surface area contributed by atoms with Crippen LogP contribution < -0.4 is 15.6 Å². The lowest BCUT2D eigenvalue weighted by atomic mass is 10.2. The summed E-state index contributed by atoms with van der Waals surface area (Å²) in [5.41, 5.74) is 0.170. The van der Waals surface area contributed by atoms with Crippen molar-refractivity contribution in [3.8, 4) is 5.75 Å². The molecule has 3 aromatic rings. The second kappa shape index (κ2) is 6.90. The molecule has 25 heavy (non-hydrogen) atoms. The average molecular weight is 362 g/mol. The van der Waals surface area contributed by atoms with Gasteiger partial charge in [-0.1, -0.05) is 23.7 Å². The lowest BCUT2D eigenvalue weighted by Gasteiger charge is -2.12. The Labute approximate surface area is 146 Å². The first-order valence-corrected chi connectivity index (χ1v) is 7.64. The number of amides is 1. The molecule has 0 aliphatic carbocycles. The van der Waals surface area contributed by atoms with Gasteiger partial charge in [-0.3, -0.25) is 9.59 Å². The van der Waals surface area contributed by atoms with Gasteiger partial charge >= 0.3 is 0 Å². The first-order chi connectivity index (χ1) is 12.0. The fraction of sp³-hybridized carbons (Fsp3) is 0.118. The molecule has 0 fully saturated rings. The highest BCUT2D eigenvalue weighted by Gasteiger charge is 2.13.